The summed E-state index contributed by atoms with van der Waals surface area (Å²) in [6.45, 7) is 2.97. The molecular formula is C30H31N3O5. The van der Waals surface area contributed by atoms with Crippen molar-refractivity contribution >= 4 is 17.8 Å². The minimum Gasteiger partial charge on any atom is -0.464 e. The SMILES string of the molecule is CCOC(=O)C(Cc1ccccc1)NC(=O)C1(NC(=O)c2ccc(C#Cc3ccccc3)o2)CCNCC1. The highest BCUT2D eigenvalue weighted by Gasteiger charge is 2.43. The van der Waals surface area contributed by atoms with Crippen molar-refractivity contribution in [1.29, 1.82) is 0 Å². The van der Waals surface area contributed by atoms with Crippen molar-refractivity contribution in [3.63, 3.8) is 0 Å². The van der Waals surface area contributed by atoms with Gasteiger partial charge in [-0.15, -0.1) is 0 Å². The minimum atomic E-state index is -1.22. The van der Waals surface area contributed by atoms with E-state index in [4.69, 9.17) is 9.15 Å². The van der Waals surface area contributed by atoms with E-state index in [0.29, 0.717) is 31.7 Å². The maximum absolute atomic E-state index is 13.6. The third-order valence-corrected chi connectivity index (χ3v) is 6.34. The van der Waals surface area contributed by atoms with Crippen molar-refractivity contribution in [1.82, 2.24) is 16.0 Å². The molecule has 0 radical (unpaired) electrons. The van der Waals surface area contributed by atoms with Crippen LogP contribution in [0.5, 0.6) is 0 Å². The first-order valence-corrected chi connectivity index (χ1v) is 12.7. The van der Waals surface area contributed by atoms with Gasteiger partial charge in [0.2, 0.25) is 5.91 Å². The number of amides is 2. The molecule has 196 valence electrons. The zero-order valence-corrected chi connectivity index (χ0v) is 21.3. The molecule has 3 aromatic rings. The molecule has 0 saturated carbocycles. The number of furan rings is 1. The van der Waals surface area contributed by atoms with Gasteiger partial charge < -0.3 is 25.1 Å². The molecule has 2 amide bonds. The van der Waals surface area contributed by atoms with Gasteiger partial charge in [0.25, 0.3) is 5.91 Å². The molecule has 2 heterocycles. The van der Waals surface area contributed by atoms with E-state index < -0.39 is 29.4 Å². The average molecular weight is 514 g/mol. The Morgan fingerprint density at radius 1 is 0.974 bits per heavy atom. The molecule has 1 unspecified atom stereocenters. The number of esters is 1. The molecule has 1 aliphatic heterocycles. The summed E-state index contributed by atoms with van der Waals surface area (Å²) >= 11 is 0. The van der Waals surface area contributed by atoms with Gasteiger partial charge in [-0.05, 0) is 68.6 Å². The quantitative estimate of drug-likeness (QED) is 0.316. The molecular weight excluding hydrogens is 482 g/mol. The summed E-state index contributed by atoms with van der Waals surface area (Å²) in [7, 11) is 0. The van der Waals surface area contributed by atoms with Gasteiger partial charge in [-0.25, -0.2) is 4.79 Å². The van der Waals surface area contributed by atoms with Crippen molar-refractivity contribution < 1.29 is 23.5 Å². The topological polar surface area (TPSA) is 110 Å². The van der Waals surface area contributed by atoms with Crippen LogP contribution in [0.1, 0.15) is 47.2 Å². The highest BCUT2D eigenvalue weighted by Crippen LogP contribution is 2.21. The Morgan fingerprint density at radius 3 is 2.34 bits per heavy atom. The second-order valence-electron chi connectivity index (χ2n) is 9.03. The Balaban J connectivity index is 1.50. The van der Waals surface area contributed by atoms with E-state index in [1.807, 2.05) is 60.7 Å². The van der Waals surface area contributed by atoms with Gasteiger partial charge in [-0.2, -0.15) is 0 Å². The normalized spacial score (nSPS) is 14.9. The summed E-state index contributed by atoms with van der Waals surface area (Å²) in [6.07, 6.45) is 0.981. The molecule has 1 aromatic heterocycles. The monoisotopic (exact) mass is 513 g/mol. The zero-order chi connectivity index (χ0) is 26.8. The van der Waals surface area contributed by atoms with Gasteiger partial charge in [0.1, 0.15) is 11.6 Å². The van der Waals surface area contributed by atoms with E-state index in [9.17, 15) is 14.4 Å². The molecule has 1 saturated heterocycles. The largest absolute Gasteiger partial charge is 0.464 e. The van der Waals surface area contributed by atoms with Gasteiger partial charge in [-0.3, -0.25) is 9.59 Å². The van der Waals surface area contributed by atoms with Crippen LogP contribution < -0.4 is 16.0 Å². The fourth-order valence-corrected chi connectivity index (χ4v) is 4.31. The lowest BCUT2D eigenvalue weighted by molar-refractivity contribution is -0.148. The van der Waals surface area contributed by atoms with E-state index in [2.05, 4.69) is 27.8 Å². The first-order chi connectivity index (χ1) is 18.5. The fraction of sp³-hybridized carbons (Fsp3) is 0.300. The lowest BCUT2D eigenvalue weighted by atomic mass is 9.86. The fourth-order valence-electron chi connectivity index (χ4n) is 4.31. The van der Waals surface area contributed by atoms with Crippen LogP contribution in [0, 0.1) is 11.8 Å². The second kappa shape index (κ2) is 12.7. The van der Waals surface area contributed by atoms with Crippen LogP contribution >= 0.6 is 0 Å². The van der Waals surface area contributed by atoms with E-state index in [1.54, 1.807) is 13.0 Å². The summed E-state index contributed by atoms with van der Waals surface area (Å²) in [6, 6.07) is 21.1. The van der Waals surface area contributed by atoms with E-state index in [0.717, 1.165) is 11.1 Å². The standard InChI is InChI=1S/C30H31N3O5/c1-2-37-28(35)25(21-23-11-7-4-8-12-23)32-29(36)30(17-19-31-20-18-30)33-27(34)26-16-15-24(38-26)14-13-22-9-5-3-6-10-22/h3-12,15-16,25,31H,2,17-21H2,1H3,(H,32,36)(H,33,34). The number of piperidine rings is 1. The number of carbonyl (C=O) groups excluding carboxylic acids is 3. The number of rotatable bonds is 8. The van der Waals surface area contributed by atoms with Gasteiger partial charge in [-0.1, -0.05) is 54.5 Å². The van der Waals surface area contributed by atoms with Crippen LogP contribution in [0.2, 0.25) is 0 Å². The van der Waals surface area contributed by atoms with Crippen LogP contribution in [-0.4, -0.2) is 49.1 Å². The lowest BCUT2D eigenvalue weighted by Gasteiger charge is -2.37. The van der Waals surface area contributed by atoms with Crippen LogP contribution in [-0.2, 0) is 20.7 Å². The first kappa shape index (κ1) is 26.7. The third kappa shape index (κ3) is 6.90. The Kier molecular flexibility index (Phi) is 8.96. The van der Waals surface area contributed by atoms with Gasteiger partial charge in [0.05, 0.1) is 6.61 Å². The number of hydrogen-bond acceptors (Lipinski definition) is 6. The van der Waals surface area contributed by atoms with Crippen LogP contribution in [0.25, 0.3) is 0 Å². The molecule has 0 bridgehead atoms. The summed E-state index contributed by atoms with van der Waals surface area (Å²) in [5.74, 6) is 4.82. The Hall–Kier alpha value is -4.35. The summed E-state index contributed by atoms with van der Waals surface area (Å²) in [4.78, 5) is 39.5. The molecule has 3 N–H and O–H groups in total. The van der Waals surface area contributed by atoms with Crippen molar-refractivity contribution in [2.24, 2.45) is 0 Å². The summed E-state index contributed by atoms with van der Waals surface area (Å²) < 4.78 is 10.9. The first-order valence-electron chi connectivity index (χ1n) is 12.7. The highest BCUT2D eigenvalue weighted by atomic mass is 16.5. The summed E-state index contributed by atoms with van der Waals surface area (Å²) in [5.41, 5.74) is 0.493. The molecule has 8 nitrogen and oxygen atoms in total. The van der Waals surface area contributed by atoms with Gasteiger partial charge in [0, 0.05) is 12.0 Å². The molecule has 0 spiro atoms. The highest BCUT2D eigenvalue weighted by molar-refractivity contribution is 5.98. The number of nitrogens with one attached hydrogen (secondary N) is 3. The Bertz CT molecular complexity index is 1300. The molecule has 4 rings (SSSR count). The second-order valence-corrected chi connectivity index (χ2v) is 9.03. The van der Waals surface area contributed by atoms with Crippen molar-refractivity contribution in [2.75, 3.05) is 19.7 Å². The molecule has 1 atom stereocenters. The van der Waals surface area contributed by atoms with E-state index in [1.165, 1.54) is 6.07 Å². The van der Waals surface area contributed by atoms with Crippen molar-refractivity contribution in [3.8, 4) is 11.8 Å². The Labute approximate surface area is 222 Å². The van der Waals surface area contributed by atoms with Crippen molar-refractivity contribution in [3.05, 3.63) is 95.4 Å². The number of hydrogen-bond donors (Lipinski definition) is 3. The molecule has 1 aliphatic rings. The molecule has 1 fully saturated rings. The zero-order valence-electron chi connectivity index (χ0n) is 21.3. The number of benzene rings is 2. The third-order valence-electron chi connectivity index (χ3n) is 6.34. The van der Waals surface area contributed by atoms with E-state index >= 15 is 0 Å². The van der Waals surface area contributed by atoms with E-state index in [-0.39, 0.29) is 18.8 Å². The molecule has 0 aliphatic carbocycles. The molecule has 2 aromatic carbocycles. The Morgan fingerprint density at radius 2 is 1.66 bits per heavy atom. The van der Waals surface area contributed by atoms with Gasteiger partial charge in [0.15, 0.2) is 11.5 Å². The van der Waals surface area contributed by atoms with Crippen molar-refractivity contribution in [2.45, 2.75) is 37.8 Å². The average Bonchev–Trinajstić information content (AvgIpc) is 3.43. The summed E-state index contributed by atoms with van der Waals surface area (Å²) in [5, 5.41) is 8.96. The predicted octanol–water partition coefficient (Wildman–Crippen LogP) is 2.82. The molecule has 8 heteroatoms. The lowest BCUT2D eigenvalue weighted by Crippen LogP contribution is -2.64. The maximum atomic E-state index is 13.6. The molecule has 38 heavy (non-hydrogen) atoms. The number of ether oxygens (including phenoxy) is 1. The predicted molar refractivity (Wildman–Crippen MR) is 142 cm³/mol. The van der Waals surface area contributed by atoms with Crippen LogP contribution in [0.4, 0.5) is 0 Å². The minimum absolute atomic E-state index is 0.0549. The number of carbonyl (C=O) groups is 3. The van der Waals surface area contributed by atoms with Crippen LogP contribution in [0.3, 0.4) is 0 Å². The van der Waals surface area contributed by atoms with Crippen LogP contribution in [0.15, 0.2) is 77.2 Å². The smallest absolute Gasteiger partial charge is 0.328 e. The maximum Gasteiger partial charge on any atom is 0.328 e. The van der Waals surface area contributed by atoms with Gasteiger partial charge >= 0.3 is 5.97 Å².